The Hall–Kier alpha value is -3.19. The Morgan fingerprint density at radius 2 is 1.53 bits per heavy atom. The SMILES string of the molecule is COc1ccc(-n2ncc(C(C)NCc3cc(OC)c(OC)cc3OC)c2C)cc1. The van der Waals surface area contributed by atoms with Crippen LogP contribution in [0.5, 0.6) is 23.0 Å². The van der Waals surface area contributed by atoms with Crippen LogP contribution in [0.4, 0.5) is 0 Å². The number of nitrogens with zero attached hydrogens (tertiary/aromatic N) is 2. The van der Waals surface area contributed by atoms with Crippen LogP contribution in [-0.4, -0.2) is 38.2 Å². The van der Waals surface area contributed by atoms with Crippen molar-refractivity contribution in [1.82, 2.24) is 15.1 Å². The molecule has 1 N–H and O–H groups in total. The molecule has 0 aliphatic heterocycles. The van der Waals surface area contributed by atoms with Gasteiger partial charge in [-0.2, -0.15) is 5.10 Å². The standard InChI is InChI=1S/C23H29N3O4/c1-15(24-13-17-11-22(29-5)23(30-6)12-21(17)28-4)20-14-25-26(16(20)2)18-7-9-19(27-3)10-8-18/h7-12,14-15,24H,13H2,1-6H3. The second-order valence-electron chi connectivity index (χ2n) is 6.92. The van der Waals surface area contributed by atoms with Crippen LogP contribution in [0.2, 0.25) is 0 Å². The summed E-state index contributed by atoms with van der Waals surface area (Å²) in [7, 11) is 6.55. The van der Waals surface area contributed by atoms with Gasteiger partial charge in [-0.3, -0.25) is 0 Å². The van der Waals surface area contributed by atoms with Crippen molar-refractivity contribution in [2.75, 3.05) is 28.4 Å². The summed E-state index contributed by atoms with van der Waals surface area (Å²) in [5.41, 5.74) is 4.19. The zero-order valence-electron chi connectivity index (χ0n) is 18.4. The highest BCUT2D eigenvalue weighted by atomic mass is 16.5. The maximum absolute atomic E-state index is 5.53. The molecule has 0 aliphatic rings. The molecule has 160 valence electrons. The van der Waals surface area contributed by atoms with Gasteiger partial charge in [0.25, 0.3) is 0 Å². The Morgan fingerprint density at radius 1 is 0.900 bits per heavy atom. The van der Waals surface area contributed by atoms with Gasteiger partial charge in [-0.15, -0.1) is 0 Å². The zero-order valence-corrected chi connectivity index (χ0v) is 18.4. The maximum atomic E-state index is 5.53. The Morgan fingerprint density at radius 3 is 2.13 bits per heavy atom. The molecule has 0 aliphatic carbocycles. The van der Waals surface area contributed by atoms with Crippen LogP contribution < -0.4 is 24.3 Å². The number of benzene rings is 2. The normalized spacial score (nSPS) is 11.8. The molecule has 2 aromatic carbocycles. The second-order valence-corrected chi connectivity index (χ2v) is 6.92. The molecular formula is C23H29N3O4. The Kier molecular flexibility index (Phi) is 6.84. The van der Waals surface area contributed by atoms with Gasteiger partial charge in [0.2, 0.25) is 0 Å². The van der Waals surface area contributed by atoms with E-state index in [-0.39, 0.29) is 6.04 Å². The molecule has 7 heteroatoms. The molecule has 0 bridgehead atoms. The van der Waals surface area contributed by atoms with Crippen LogP contribution in [0.25, 0.3) is 5.69 Å². The fourth-order valence-electron chi connectivity index (χ4n) is 3.43. The van der Waals surface area contributed by atoms with E-state index in [1.54, 1.807) is 28.4 Å². The molecule has 0 spiro atoms. The molecule has 1 unspecified atom stereocenters. The molecular weight excluding hydrogens is 382 g/mol. The van der Waals surface area contributed by atoms with Gasteiger partial charge < -0.3 is 24.3 Å². The van der Waals surface area contributed by atoms with Crippen LogP contribution in [0, 0.1) is 6.92 Å². The third kappa shape index (κ3) is 4.36. The summed E-state index contributed by atoms with van der Waals surface area (Å²) in [6.07, 6.45) is 1.91. The summed E-state index contributed by atoms with van der Waals surface area (Å²) >= 11 is 0. The third-order valence-electron chi connectivity index (χ3n) is 5.22. The lowest BCUT2D eigenvalue weighted by Gasteiger charge is -2.17. The second kappa shape index (κ2) is 9.54. The smallest absolute Gasteiger partial charge is 0.164 e. The zero-order chi connectivity index (χ0) is 21.7. The highest BCUT2D eigenvalue weighted by Gasteiger charge is 2.16. The maximum Gasteiger partial charge on any atom is 0.164 e. The average molecular weight is 412 g/mol. The van der Waals surface area contributed by atoms with Gasteiger partial charge in [0.05, 0.1) is 40.3 Å². The molecule has 1 aromatic heterocycles. The molecule has 3 rings (SSSR count). The largest absolute Gasteiger partial charge is 0.497 e. The van der Waals surface area contributed by atoms with E-state index in [0.717, 1.165) is 34.0 Å². The molecule has 3 aromatic rings. The van der Waals surface area contributed by atoms with Crippen LogP contribution in [0.15, 0.2) is 42.6 Å². The van der Waals surface area contributed by atoms with Gasteiger partial charge in [-0.1, -0.05) is 0 Å². The summed E-state index contributed by atoms with van der Waals surface area (Å²) in [4.78, 5) is 0. The summed E-state index contributed by atoms with van der Waals surface area (Å²) < 4.78 is 23.5. The van der Waals surface area contributed by atoms with Gasteiger partial charge >= 0.3 is 0 Å². The van der Waals surface area contributed by atoms with E-state index < -0.39 is 0 Å². The van der Waals surface area contributed by atoms with Crippen molar-refractivity contribution in [3.8, 4) is 28.7 Å². The summed E-state index contributed by atoms with van der Waals surface area (Å²) in [6.45, 7) is 4.80. The summed E-state index contributed by atoms with van der Waals surface area (Å²) in [5.74, 6) is 2.88. The first-order valence-corrected chi connectivity index (χ1v) is 9.73. The van der Waals surface area contributed by atoms with Gasteiger partial charge in [-0.05, 0) is 44.2 Å². The van der Waals surface area contributed by atoms with Gasteiger partial charge in [0.15, 0.2) is 11.5 Å². The molecule has 0 amide bonds. The first kappa shape index (κ1) is 21.5. The van der Waals surface area contributed by atoms with E-state index in [0.29, 0.717) is 18.0 Å². The van der Waals surface area contributed by atoms with Crippen molar-refractivity contribution in [2.24, 2.45) is 0 Å². The van der Waals surface area contributed by atoms with Crippen molar-refractivity contribution < 1.29 is 18.9 Å². The molecule has 30 heavy (non-hydrogen) atoms. The lowest BCUT2D eigenvalue weighted by atomic mass is 10.1. The third-order valence-corrected chi connectivity index (χ3v) is 5.22. The number of hydrogen-bond donors (Lipinski definition) is 1. The lowest BCUT2D eigenvalue weighted by molar-refractivity contribution is 0.346. The summed E-state index contributed by atoms with van der Waals surface area (Å²) in [6, 6.07) is 11.7. The van der Waals surface area contributed by atoms with E-state index in [9.17, 15) is 0 Å². The number of rotatable bonds is 9. The Bertz CT molecular complexity index is 983. The molecule has 0 fully saturated rings. The van der Waals surface area contributed by atoms with Crippen molar-refractivity contribution in [3.63, 3.8) is 0 Å². The monoisotopic (exact) mass is 411 g/mol. The summed E-state index contributed by atoms with van der Waals surface area (Å²) in [5, 5.41) is 8.13. The molecule has 1 atom stereocenters. The van der Waals surface area contributed by atoms with Crippen molar-refractivity contribution in [3.05, 3.63) is 59.4 Å². The van der Waals surface area contributed by atoms with E-state index in [1.807, 2.05) is 47.3 Å². The fourth-order valence-corrected chi connectivity index (χ4v) is 3.43. The molecule has 0 saturated carbocycles. The quantitative estimate of drug-likeness (QED) is 0.573. The van der Waals surface area contributed by atoms with Crippen molar-refractivity contribution >= 4 is 0 Å². The minimum absolute atomic E-state index is 0.0924. The van der Waals surface area contributed by atoms with Crippen LogP contribution in [0.3, 0.4) is 0 Å². The van der Waals surface area contributed by atoms with Crippen molar-refractivity contribution in [2.45, 2.75) is 26.4 Å². The van der Waals surface area contributed by atoms with Crippen LogP contribution >= 0.6 is 0 Å². The number of hydrogen-bond acceptors (Lipinski definition) is 6. The van der Waals surface area contributed by atoms with E-state index in [1.165, 1.54) is 0 Å². The number of aromatic nitrogens is 2. The lowest BCUT2D eigenvalue weighted by Crippen LogP contribution is -2.19. The highest BCUT2D eigenvalue weighted by molar-refractivity contribution is 5.50. The molecule has 0 radical (unpaired) electrons. The first-order valence-electron chi connectivity index (χ1n) is 9.73. The molecule has 7 nitrogen and oxygen atoms in total. The predicted octanol–water partition coefficient (Wildman–Crippen LogP) is 4.07. The van der Waals surface area contributed by atoms with Gasteiger partial charge in [-0.25, -0.2) is 4.68 Å². The number of nitrogens with one attached hydrogen (secondary N) is 1. The van der Waals surface area contributed by atoms with Gasteiger partial charge in [0.1, 0.15) is 11.5 Å². The van der Waals surface area contributed by atoms with E-state index in [2.05, 4.69) is 24.3 Å². The number of ether oxygens (including phenoxy) is 4. The minimum Gasteiger partial charge on any atom is -0.497 e. The van der Waals surface area contributed by atoms with Gasteiger partial charge in [0, 0.05) is 35.5 Å². The number of methoxy groups -OCH3 is 4. The molecule has 0 saturated heterocycles. The fraction of sp³-hybridized carbons (Fsp3) is 0.348. The Labute approximate surface area is 177 Å². The minimum atomic E-state index is 0.0924. The molecule has 1 heterocycles. The van der Waals surface area contributed by atoms with E-state index >= 15 is 0 Å². The predicted molar refractivity (Wildman–Crippen MR) is 116 cm³/mol. The highest BCUT2D eigenvalue weighted by Crippen LogP contribution is 2.35. The van der Waals surface area contributed by atoms with Crippen LogP contribution in [-0.2, 0) is 6.54 Å². The average Bonchev–Trinajstić information content (AvgIpc) is 3.18. The Balaban J connectivity index is 1.77. The first-order chi connectivity index (χ1) is 14.5. The van der Waals surface area contributed by atoms with Crippen molar-refractivity contribution in [1.29, 1.82) is 0 Å². The topological polar surface area (TPSA) is 66.8 Å². The van der Waals surface area contributed by atoms with E-state index in [4.69, 9.17) is 18.9 Å². The van der Waals surface area contributed by atoms with Crippen LogP contribution in [0.1, 0.15) is 29.8 Å².